The Labute approximate surface area is 121 Å². The normalized spacial score (nSPS) is 10.8. The molecule has 0 spiro atoms. The molecule has 6 heteroatoms. The van der Waals surface area contributed by atoms with Gasteiger partial charge < -0.3 is 10.1 Å². The molecule has 102 valence electrons. The molecule has 0 radical (unpaired) electrons. The number of halogens is 1. The van der Waals surface area contributed by atoms with Crippen LogP contribution >= 0.6 is 15.9 Å². The molecule has 0 amide bonds. The number of aromatic nitrogens is 3. The van der Waals surface area contributed by atoms with Crippen LogP contribution in [0.15, 0.2) is 35.1 Å². The van der Waals surface area contributed by atoms with Crippen molar-refractivity contribution >= 4 is 15.9 Å². The van der Waals surface area contributed by atoms with Crippen LogP contribution in [0, 0.1) is 0 Å². The Bertz CT molecular complexity index is 515. The van der Waals surface area contributed by atoms with Crippen molar-refractivity contribution in [3.63, 3.8) is 0 Å². The molecule has 0 aliphatic heterocycles. The summed E-state index contributed by atoms with van der Waals surface area (Å²) in [5.41, 5.74) is 1.19. The lowest BCUT2D eigenvalue weighted by Crippen LogP contribution is -2.19. The van der Waals surface area contributed by atoms with E-state index in [9.17, 15) is 0 Å². The summed E-state index contributed by atoms with van der Waals surface area (Å²) in [6, 6.07) is 8.18. The topological polar surface area (TPSA) is 52.0 Å². The van der Waals surface area contributed by atoms with E-state index in [4.69, 9.17) is 4.74 Å². The maximum absolute atomic E-state index is 4.96. The molecule has 1 heterocycles. The molecular formula is C13H17BrN4O. The average molecular weight is 325 g/mol. The maximum Gasteiger partial charge on any atom is 0.164 e. The van der Waals surface area contributed by atoms with Crippen LogP contribution in [0.5, 0.6) is 0 Å². The van der Waals surface area contributed by atoms with Crippen molar-refractivity contribution in [2.45, 2.75) is 13.1 Å². The van der Waals surface area contributed by atoms with E-state index in [2.05, 4.69) is 43.5 Å². The predicted molar refractivity (Wildman–Crippen MR) is 76.8 cm³/mol. The number of ether oxygens (including phenoxy) is 1. The van der Waals surface area contributed by atoms with Crippen LogP contribution < -0.4 is 5.32 Å². The van der Waals surface area contributed by atoms with Crippen LogP contribution in [-0.2, 0) is 17.8 Å². The Morgan fingerprint density at radius 2 is 2.32 bits per heavy atom. The number of nitrogens with one attached hydrogen (secondary N) is 1. The molecule has 0 fully saturated rings. The van der Waals surface area contributed by atoms with E-state index >= 15 is 0 Å². The molecule has 2 rings (SSSR count). The minimum Gasteiger partial charge on any atom is -0.383 e. The zero-order valence-corrected chi connectivity index (χ0v) is 12.4. The fraction of sp³-hybridized carbons (Fsp3) is 0.385. The zero-order valence-electron chi connectivity index (χ0n) is 10.8. The quantitative estimate of drug-likeness (QED) is 0.789. The van der Waals surface area contributed by atoms with Gasteiger partial charge in [-0.25, -0.2) is 9.67 Å². The van der Waals surface area contributed by atoms with E-state index in [0.717, 1.165) is 23.4 Å². The highest BCUT2D eigenvalue weighted by molar-refractivity contribution is 9.10. The predicted octanol–water partition coefficient (Wildman–Crippen LogP) is 1.82. The van der Waals surface area contributed by atoms with Gasteiger partial charge in [0, 0.05) is 18.1 Å². The summed E-state index contributed by atoms with van der Waals surface area (Å²) >= 11 is 3.46. The Balaban J connectivity index is 1.87. The van der Waals surface area contributed by atoms with Crippen LogP contribution in [0.3, 0.4) is 0 Å². The van der Waals surface area contributed by atoms with Gasteiger partial charge in [-0.2, -0.15) is 5.10 Å². The second-order valence-corrected chi connectivity index (χ2v) is 5.07. The van der Waals surface area contributed by atoms with Gasteiger partial charge in [-0.05, 0) is 17.7 Å². The number of benzene rings is 1. The third kappa shape index (κ3) is 4.74. The highest BCUT2D eigenvalue weighted by Crippen LogP contribution is 2.12. The molecule has 2 aromatic rings. The smallest absolute Gasteiger partial charge is 0.164 e. The first-order chi connectivity index (χ1) is 9.28. The fourth-order valence-electron chi connectivity index (χ4n) is 1.69. The van der Waals surface area contributed by atoms with E-state index in [0.29, 0.717) is 13.2 Å². The lowest BCUT2D eigenvalue weighted by atomic mass is 10.2. The first-order valence-electron chi connectivity index (χ1n) is 6.10. The molecule has 1 N–H and O–H groups in total. The van der Waals surface area contributed by atoms with E-state index in [1.807, 2.05) is 16.8 Å². The lowest BCUT2D eigenvalue weighted by molar-refractivity contribution is 0.199. The molecule has 0 aliphatic rings. The van der Waals surface area contributed by atoms with Gasteiger partial charge >= 0.3 is 0 Å². The summed E-state index contributed by atoms with van der Waals surface area (Å²) in [5, 5.41) is 7.64. The Kier molecular flexibility index (Phi) is 5.50. The van der Waals surface area contributed by atoms with Gasteiger partial charge in [-0.3, -0.25) is 0 Å². The molecule has 1 aromatic heterocycles. The highest BCUT2D eigenvalue weighted by Gasteiger charge is 2.01. The molecule has 0 aliphatic carbocycles. The molecule has 0 saturated heterocycles. The fourth-order valence-corrected chi connectivity index (χ4v) is 2.13. The van der Waals surface area contributed by atoms with Crippen LogP contribution in [-0.4, -0.2) is 35.0 Å². The van der Waals surface area contributed by atoms with E-state index < -0.39 is 0 Å². The monoisotopic (exact) mass is 324 g/mol. The third-order valence-electron chi connectivity index (χ3n) is 2.58. The molecule has 0 atom stereocenters. The molecule has 0 saturated carbocycles. The molecule has 0 unspecified atom stereocenters. The van der Waals surface area contributed by atoms with Crippen molar-refractivity contribution in [1.82, 2.24) is 20.1 Å². The van der Waals surface area contributed by atoms with E-state index in [-0.39, 0.29) is 0 Å². The second-order valence-electron chi connectivity index (χ2n) is 4.16. The highest BCUT2D eigenvalue weighted by atomic mass is 79.9. The third-order valence-corrected chi connectivity index (χ3v) is 3.08. The summed E-state index contributed by atoms with van der Waals surface area (Å²) in [4.78, 5) is 4.27. The maximum atomic E-state index is 4.96. The largest absolute Gasteiger partial charge is 0.383 e. The number of rotatable bonds is 7. The summed E-state index contributed by atoms with van der Waals surface area (Å²) in [6.07, 6.45) is 1.76. The summed E-state index contributed by atoms with van der Waals surface area (Å²) in [5.74, 6) is 0.797. The number of nitrogens with zero attached hydrogens (tertiary/aromatic N) is 3. The van der Waals surface area contributed by atoms with Crippen LogP contribution in [0.1, 0.15) is 11.4 Å². The van der Waals surface area contributed by atoms with Gasteiger partial charge in [0.15, 0.2) is 5.82 Å². The van der Waals surface area contributed by atoms with Gasteiger partial charge in [-0.15, -0.1) is 0 Å². The average Bonchev–Trinajstić information content (AvgIpc) is 2.82. The van der Waals surface area contributed by atoms with Crippen LogP contribution in [0.25, 0.3) is 0 Å². The summed E-state index contributed by atoms with van der Waals surface area (Å²) < 4.78 is 7.88. The van der Waals surface area contributed by atoms with Crippen molar-refractivity contribution in [3.8, 4) is 0 Å². The number of hydrogen-bond donors (Lipinski definition) is 1. The van der Waals surface area contributed by atoms with Crippen molar-refractivity contribution in [1.29, 1.82) is 0 Å². The molecule has 0 bridgehead atoms. The van der Waals surface area contributed by atoms with Crippen molar-refractivity contribution in [3.05, 3.63) is 46.5 Å². The van der Waals surface area contributed by atoms with Gasteiger partial charge in [0.25, 0.3) is 0 Å². The summed E-state index contributed by atoms with van der Waals surface area (Å²) in [7, 11) is 1.69. The minimum absolute atomic E-state index is 0.662. The molecule has 1 aromatic carbocycles. The van der Waals surface area contributed by atoms with Gasteiger partial charge in [0.05, 0.1) is 19.7 Å². The second kappa shape index (κ2) is 7.37. The van der Waals surface area contributed by atoms with Gasteiger partial charge in [0.2, 0.25) is 0 Å². The van der Waals surface area contributed by atoms with Gasteiger partial charge in [0.1, 0.15) is 6.33 Å². The Morgan fingerprint density at radius 3 is 3.11 bits per heavy atom. The standard InChI is InChI=1S/C13H17BrN4O/c1-19-6-5-15-8-13-16-10-18(17-13)9-11-3-2-4-12(14)7-11/h2-4,7,10,15H,5-6,8-9H2,1H3. The first kappa shape index (κ1) is 14.2. The van der Waals surface area contributed by atoms with Crippen molar-refractivity contribution in [2.24, 2.45) is 0 Å². The zero-order chi connectivity index (χ0) is 13.5. The van der Waals surface area contributed by atoms with Crippen LogP contribution in [0.4, 0.5) is 0 Å². The lowest BCUT2D eigenvalue weighted by Gasteiger charge is -2.02. The first-order valence-corrected chi connectivity index (χ1v) is 6.89. The van der Waals surface area contributed by atoms with Crippen molar-refractivity contribution < 1.29 is 4.74 Å². The Hall–Kier alpha value is -1.24. The summed E-state index contributed by atoms with van der Waals surface area (Å²) in [6.45, 7) is 2.88. The molecular weight excluding hydrogens is 308 g/mol. The van der Waals surface area contributed by atoms with Gasteiger partial charge in [-0.1, -0.05) is 28.1 Å². The SMILES string of the molecule is COCCNCc1ncn(Cc2cccc(Br)c2)n1. The number of hydrogen-bond acceptors (Lipinski definition) is 4. The molecule has 5 nitrogen and oxygen atoms in total. The minimum atomic E-state index is 0.662. The van der Waals surface area contributed by atoms with Crippen molar-refractivity contribution in [2.75, 3.05) is 20.3 Å². The van der Waals surface area contributed by atoms with E-state index in [1.54, 1.807) is 13.4 Å². The molecule has 19 heavy (non-hydrogen) atoms. The van der Waals surface area contributed by atoms with Crippen LogP contribution in [0.2, 0.25) is 0 Å². The Morgan fingerprint density at radius 1 is 1.42 bits per heavy atom. The van der Waals surface area contributed by atoms with E-state index in [1.165, 1.54) is 5.56 Å². The number of methoxy groups -OCH3 is 1.